The molecule has 3 rings (SSSR count). The zero-order valence-electron chi connectivity index (χ0n) is 13.9. The maximum atomic E-state index is 12.9. The summed E-state index contributed by atoms with van der Waals surface area (Å²) in [5.41, 5.74) is 1.68. The van der Waals surface area contributed by atoms with Crippen molar-refractivity contribution in [1.82, 2.24) is 4.90 Å². The zero-order valence-corrected chi connectivity index (χ0v) is 13.9. The Labute approximate surface area is 141 Å². The van der Waals surface area contributed by atoms with Crippen LogP contribution in [0.1, 0.15) is 52.5 Å². The number of hydrogen-bond acceptors (Lipinski definition) is 2. The van der Waals surface area contributed by atoms with Crippen LogP contribution in [0.3, 0.4) is 0 Å². The van der Waals surface area contributed by atoms with Gasteiger partial charge in [-0.1, -0.05) is 30.3 Å². The summed E-state index contributed by atoms with van der Waals surface area (Å²) in [6.07, 6.45) is 0.927. The minimum atomic E-state index is -0.986. The van der Waals surface area contributed by atoms with E-state index in [0.717, 1.165) is 6.42 Å². The van der Waals surface area contributed by atoms with Crippen molar-refractivity contribution in [2.75, 3.05) is 6.54 Å². The maximum Gasteiger partial charge on any atom is 0.335 e. The van der Waals surface area contributed by atoms with Crippen LogP contribution in [0.25, 0.3) is 0 Å². The van der Waals surface area contributed by atoms with Gasteiger partial charge in [-0.05, 0) is 50.1 Å². The Morgan fingerprint density at radius 2 is 1.58 bits per heavy atom. The molecule has 2 aromatic rings. The van der Waals surface area contributed by atoms with E-state index in [2.05, 4.69) is 26.0 Å². The van der Waals surface area contributed by atoms with Gasteiger partial charge in [0.2, 0.25) is 0 Å². The fraction of sp³-hybridized carbons (Fsp3) is 0.300. The molecule has 2 aromatic carbocycles. The zero-order chi connectivity index (χ0) is 17.3. The summed E-state index contributed by atoms with van der Waals surface area (Å²) in [6, 6.07) is 16.4. The fourth-order valence-electron chi connectivity index (χ4n) is 3.62. The molecule has 0 saturated carbocycles. The highest BCUT2D eigenvalue weighted by Gasteiger charge is 2.44. The Bertz CT molecular complexity index is 750. The molecular formula is C20H21NO3. The molecule has 0 radical (unpaired) electrons. The van der Waals surface area contributed by atoms with Crippen molar-refractivity contribution in [2.24, 2.45) is 0 Å². The van der Waals surface area contributed by atoms with Crippen LogP contribution < -0.4 is 0 Å². The molecule has 1 unspecified atom stereocenters. The Kier molecular flexibility index (Phi) is 4.14. The van der Waals surface area contributed by atoms with Crippen molar-refractivity contribution in [1.29, 1.82) is 0 Å². The molecule has 1 aliphatic rings. The normalized spacial score (nSPS) is 19.2. The van der Waals surface area contributed by atoms with E-state index in [1.807, 2.05) is 23.1 Å². The van der Waals surface area contributed by atoms with E-state index in [1.165, 1.54) is 17.7 Å². The second-order valence-corrected chi connectivity index (χ2v) is 6.74. The first-order valence-corrected chi connectivity index (χ1v) is 8.11. The third-order valence-corrected chi connectivity index (χ3v) is 5.02. The highest BCUT2D eigenvalue weighted by atomic mass is 16.4. The largest absolute Gasteiger partial charge is 0.478 e. The van der Waals surface area contributed by atoms with Crippen LogP contribution in [0.15, 0.2) is 54.6 Å². The summed E-state index contributed by atoms with van der Waals surface area (Å²) >= 11 is 0. The molecule has 4 nitrogen and oxygen atoms in total. The monoisotopic (exact) mass is 323 g/mol. The number of hydrogen-bond donors (Lipinski definition) is 1. The number of amides is 1. The van der Waals surface area contributed by atoms with Crippen LogP contribution in [-0.2, 0) is 0 Å². The average molecular weight is 323 g/mol. The van der Waals surface area contributed by atoms with Crippen LogP contribution in [0, 0.1) is 0 Å². The topological polar surface area (TPSA) is 57.6 Å². The average Bonchev–Trinajstić information content (AvgIpc) is 2.90. The first-order chi connectivity index (χ1) is 11.4. The molecule has 4 heteroatoms. The van der Waals surface area contributed by atoms with Gasteiger partial charge in [-0.25, -0.2) is 4.79 Å². The van der Waals surface area contributed by atoms with Gasteiger partial charge >= 0.3 is 5.97 Å². The van der Waals surface area contributed by atoms with Gasteiger partial charge in [0, 0.05) is 23.6 Å². The molecule has 1 aliphatic heterocycles. The second kappa shape index (κ2) is 6.11. The predicted molar refractivity (Wildman–Crippen MR) is 92.3 cm³/mol. The number of carbonyl (C=O) groups excluding carboxylic acids is 1. The number of aromatic carboxylic acids is 1. The molecule has 0 aliphatic carbocycles. The van der Waals surface area contributed by atoms with Gasteiger partial charge in [0.1, 0.15) is 0 Å². The number of carboxylic acid groups (broad SMARTS) is 1. The molecular weight excluding hydrogens is 302 g/mol. The lowest BCUT2D eigenvalue weighted by atomic mass is 9.82. The Morgan fingerprint density at radius 1 is 1.00 bits per heavy atom. The Hall–Kier alpha value is -2.62. The fourth-order valence-corrected chi connectivity index (χ4v) is 3.62. The summed E-state index contributed by atoms with van der Waals surface area (Å²) in [6.45, 7) is 4.90. The van der Waals surface area contributed by atoms with E-state index >= 15 is 0 Å². The van der Waals surface area contributed by atoms with E-state index in [9.17, 15) is 9.59 Å². The number of nitrogens with zero attached hydrogens (tertiary/aromatic N) is 1. The van der Waals surface area contributed by atoms with E-state index in [-0.39, 0.29) is 17.0 Å². The van der Waals surface area contributed by atoms with Crippen molar-refractivity contribution in [3.05, 3.63) is 71.3 Å². The lowest BCUT2D eigenvalue weighted by Gasteiger charge is -2.36. The molecule has 1 amide bonds. The number of likely N-dealkylation sites (tertiary alicyclic amines) is 1. The highest BCUT2D eigenvalue weighted by Crippen LogP contribution is 2.42. The van der Waals surface area contributed by atoms with E-state index in [4.69, 9.17) is 5.11 Å². The third kappa shape index (κ3) is 2.80. The van der Waals surface area contributed by atoms with Crippen molar-refractivity contribution in [2.45, 2.75) is 31.7 Å². The SMILES string of the molecule is CC1(C)C(c2ccccc2)CCN1C(=O)c1ccc(C(=O)O)cc1. The molecule has 124 valence electrons. The van der Waals surface area contributed by atoms with Crippen molar-refractivity contribution in [3.8, 4) is 0 Å². The first kappa shape index (κ1) is 16.2. The van der Waals surface area contributed by atoms with Crippen LogP contribution in [0.2, 0.25) is 0 Å². The molecule has 1 saturated heterocycles. The van der Waals surface area contributed by atoms with Crippen molar-refractivity contribution >= 4 is 11.9 Å². The number of rotatable bonds is 3. The van der Waals surface area contributed by atoms with Crippen molar-refractivity contribution in [3.63, 3.8) is 0 Å². The summed E-state index contributed by atoms with van der Waals surface area (Å²) in [5, 5.41) is 8.97. The van der Waals surface area contributed by atoms with Gasteiger partial charge in [-0.15, -0.1) is 0 Å². The lowest BCUT2D eigenvalue weighted by molar-refractivity contribution is 0.0632. The molecule has 1 heterocycles. The standard InChI is InChI=1S/C20H21NO3/c1-20(2)17(14-6-4-3-5-7-14)12-13-21(20)18(22)15-8-10-16(11-9-15)19(23)24/h3-11,17H,12-13H2,1-2H3,(H,23,24). The molecule has 0 bridgehead atoms. The third-order valence-electron chi connectivity index (χ3n) is 5.02. The Morgan fingerprint density at radius 3 is 2.17 bits per heavy atom. The number of carboxylic acids is 1. The minimum Gasteiger partial charge on any atom is -0.478 e. The summed E-state index contributed by atoms with van der Waals surface area (Å²) < 4.78 is 0. The predicted octanol–water partition coefficient (Wildman–Crippen LogP) is 3.79. The smallest absolute Gasteiger partial charge is 0.335 e. The molecule has 0 aromatic heterocycles. The summed E-state index contributed by atoms with van der Waals surface area (Å²) in [5.74, 6) is -0.740. The van der Waals surface area contributed by atoms with Crippen LogP contribution in [-0.4, -0.2) is 34.0 Å². The van der Waals surface area contributed by atoms with Crippen LogP contribution >= 0.6 is 0 Å². The van der Waals surface area contributed by atoms with E-state index < -0.39 is 5.97 Å². The quantitative estimate of drug-likeness (QED) is 0.935. The Balaban J connectivity index is 1.84. The van der Waals surface area contributed by atoms with Gasteiger partial charge in [0.15, 0.2) is 0 Å². The minimum absolute atomic E-state index is 0.0460. The van der Waals surface area contributed by atoms with Gasteiger partial charge in [-0.3, -0.25) is 4.79 Å². The van der Waals surface area contributed by atoms with Gasteiger partial charge in [0.05, 0.1) is 5.56 Å². The molecule has 1 atom stereocenters. The maximum absolute atomic E-state index is 12.9. The van der Waals surface area contributed by atoms with Crippen LogP contribution in [0.5, 0.6) is 0 Å². The number of benzene rings is 2. The molecule has 0 spiro atoms. The van der Waals surface area contributed by atoms with E-state index in [1.54, 1.807) is 12.1 Å². The number of carbonyl (C=O) groups is 2. The summed E-state index contributed by atoms with van der Waals surface area (Å²) in [7, 11) is 0. The highest BCUT2D eigenvalue weighted by molar-refractivity contribution is 5.96. The van der Waals surface area contributed by atoms with Gasteiger partial charge in [0.25, 0.3) is 5.91 Å². The lowest BCUT2D eigenvalue weighted by Crippen LogP contribution is -2.45. The van der Waals surface area contributed by atoms with Crippen molar-refractivity contribution < 1.29 is 14.7 Å². The molecule has 1 N–H and O–H groups in total. The molecule has 24 heavy (non-hydrogen) atoms. The van der Waals surface area contributed by atoms with E-state index in [0.29, 0.717) is 18.0 Å². The summed E-state index contributed by atoms with van der Waals surface area (Å²) in [4.78, 5) is 25.7. The van der Waals surface area contributed by atoms with Crippen LogP contribution in [0.4, 0.5) is 0 Å². The first-order valence-electron chi connectivity index (χ1n) is 8.11. The molecule has 1 fully saturated rings. The van der Waals surface area contributed by atoms with Gasteiger partial charge < -0.3 is 10.0 Å². The second-order valence-electron chi connectivity index (χ2n) is 6.74. The van der Waals surface area contributed by atoms with Gasteiger partial charge in [-0.2, -0.15) is 0 Å².